The second-order valence-electron chi connectivity index (χ2n) is 8.47. The monoisotopic (exact) mass is 486 g/mol. The Morgan fingerprint density at radius 1 is 1.06 bits per heavy atom. The lowest BCUT2D eigenvalue weighted by Gasteiger charge is -2.14. The number of hydrogen-bond acceptors (Lipinski definition) is 3. The molecule has 0 saturated carbocycles. The second kappa shape index (κ2) is 10.5. The number of para-hydroxylation sites is 1. The van der Waals surface area contributed by atoms with Gasteiger partial charge in [0.2, 0.25) is 5.91 Å². The number of nitrogens with two attached hydrogens (primary N) is 1. The lowest BCUT2D eigenvalue weighted by molar-refractivity contribution is -0.116. The van der Waals surface area contributed by atoms with Crippen LogP contribution >= 0.6 is 23.2 Å². The third-order valence-corrected chi connectivity index (χ3v) is 6.78. The molecule has 0 aliphatic carbocycles. The summed E-state index contributed by atoms with van der Waals surface area (Å²) in [7, 11) is 0. The molecule has 0 radical (unpaired) electrons. The first-order chi connectivity index (χ1) is 15.9. The van der Waals surface area contributed by atoms with Crippen LogP contribution in [0.5, 0.6) is 0 Å². The first-order valence-electron chi connectivity index (χ1n) is 11.4. The third kappa shape index (κ3) is 5.45. The van der Waals surface area contributed by atoms with E-state index < -0.39 is 0 Å². The molecule has 4 rings (SSSR count). The lowest BCUT2D eigenvalue weighted by Crippen LogP contribution is -2.24. The maximum absolute atomic E-state index is 12.7. The summed E-state index contributed by atoms with van der Waals surface area (Å²) in [6, 6.07) is 9.31. The predicted molar refractivity (Wildman–Crippen MR) is 135 cm³/mol. The third-order valence-electron chi connectivity index (χ3n) is 6.05. The molecule has 6 nitrogen and oxygen atoms in total. The summed E-state index contributed by atoms with van der Waals surface area (Å²) in [5, 5.41) is 7.57. The molecular weight excluding hydrogens is 459 g/mol. The van der Waals surface area contributed by atoms with E-state index in [1.807, 2.05) is 18.3 Å². The minimum Gasteiger partial charge on any atom is -0.397 e. The minimum absolute atomic E-state index is 0.0172. The molecule has 2 heterocycles. The molecule has 8 heteroatoms. The molecule has 174 valence electrons. The Balaban J connectivity index is 1.16. The molecule has 0 unspecified atom stereocenters. The van der Waals surface area contributed by atoms with Gasteiger partial charge in [-0.05, 0) is 43.4 Å². The first kappa shape index (κ1) is 23.5. The zero-order valence-electron chi connectivity index (χ0n) is 18.4. The SMILES string of the molecule is Nc1cc(Cl)c(Cl)cc1NC(=O)CCCCCCNC(=O)c1cn2c3c(cccc13)CCC2. The Hall–Kier alpha value is -2.70. The minimum atomic E-state index is -0.110. The average Bonchev–Trinajstić information content (AvgIpc) is 3.17. The van der Waals surface area contributed by atoms with Crippen LogP contribution in [0.25, 0.3) is 10.9 Å². The fourth-order valence-corrected chi connectivity index (χ4v) is 4.72. The standard InChI is InChI=1S/C25H28Cl2N4O2/c26-19-13-21(28)22(14-20(19)27)30-23(32)10-3-1-2-4-11-29-25(33)18-15-31-12-6-8-16-7-5-9-17(18)24(16)31/h5,7,9,13-15H,1-4,6,8,10-12,28H2,(H,29,33)(H,30,32). The van der Waals surface area contributed by atoms with E-state index in [2.05, 4.69) is 21.3 Å². The molecule has 0 bridgehead atoms. The number of amides is 2. The number of carbonyl (C=O) groups is 2. The van der Waals surface area contributed by atoms with Gasteiger partial charge in [0.05, 0.1) is 32.5 Å². The fraction of sp³-hybridized carbons (Fsp3) is 0.360. The molecule has 0 spiro atoms. The van der Waals surface area contributed by atoms with Crippen LogP contribution in [0.4, 0.5) is 11.4 Å². The zero-order valence-corrected chi connectivity index (χ0v) is 19.9. The van der Waals surface area contributed by atoms with Crippen LogP contribution in [-0.2, 0) is 17.8 Å². The van der Waals surface area contributed by atoms with Crippen molar-refractivity contribution in [1.82, 2.24) is 9.88 Å². The molecule has 1 aromatic heterocycles. The highest BCUT2D eigenvalue weighted by Gasteiger charge is 2.19. The van der Waals surface area contributed by atoms with Crippen molar-refractivity contribution in [3.8, 4) is 0 Å². The van der Waals surface area contributed by atoms with Gasteiger partial charge in [0.25, 0.3) is 5.91 Å². The van der Waals surface area contributed by atoms with Crippen LogP contribution < -0.4 is 16.4 Å². The molecule has 1 aliphatic heterocycles. The predicted octanol–water partition coefficient (Wildman–Crippen LogP) is 5.80. The number of nitrogen functional groups attached to an aromatic ring is 1. The topological polar surface area (TPSA) is 89.2 Å². The Morgan fingerprint density at radius 3 is 2.70 bits per heavy atom. The number of halogens is 2. The largest absolute Gasteiger partial charge is 0.397 e. The van der Waals surface area contributed by atoms with Crippen LogP contribution in [0.3, 0.4) is 0 Å². The van der Waals surface area contributed by atoms with Gasteiger partial charge in [-0.15, -0.1) is 0 Å². The lowest BCUT2D eigenvalue weighted by atomic mass is 10.0. The fourth-order valence-electron chi connectivity index (χ4n) is 4.38. The van der Waals surface area contributed by atoms with Gasteiger partial charge < -0.3 is 20.9 Å². The smallest absolute Gasteiger partial charge is 0.253 e. The number of nitrogens with zero attached hydrogens (tertiary/aromatic N) is 1. The molecule has 0 atom stereocenters. The number of rotatable bonds is 9. The van der Waals surface area contributed by atoms with E-state index in [0.717, 1.165) is 56.0 Å². The van der Waals surface area contributed by atoms with E-state index in [4.69, 9.17) is 28.9 Å². The molecular formula is C25H28Cl2N4O2. The van der Waals surface area contributed by atoms with Gasteiger partial charge in [0, 0.05) is 31.1 Å². The van der Waals surface area contributed by atoms with Gasteiger partial charge in [0.15, 0.2) is 0 Å². The van der Waals surface area contributed by atoms with Crippen LogP contribution in [0.1, 0.15) is 54.4 Å². The maximum Gasteiger partial charge on any atom is 0.253 e. The number of aryl methyl sites for hydroxylation is 2. The molecule has 33 heavy (non-hydrogen) atoms. The number of benzene rings is 2. The molecule has 0 saturated heterocycles. The second-order valence-corrected chi connectivity index (χ2v) is 9.29. The summed E-state index contributed by atoms with van der Waals surface area (Å²) in [5.74, 6) is -0.127. The number of unbranched alkanes of at least 4 members (excludes halogenated alkanes) is 3. The van der Waals surface area contributed by atoms with Crippen LogP contribution in [0.2, 0.25) is 10.0 Å². The Bertz CT molecular complexity index is 1190. The van der Waals surface area contributed by atoms with E-state index in [1.165, 1.54) is 17.1 Å². The van der Waals surface area contributed by atoms with E-state index >= 15 is 0 Å². The molecule has 2 amide bonds. The highest BCUT2D eigenvalue weighted by atomic mass is 35.5. The number of anilines is 2. The molecule has 1 aliphatic rings. The zero-order chi connectivity index (χ0) is 23.4. The Morgan fingerprint density at radius 2 is 1.85 bits per heavy atom. The molecule has 0 fully saturated rings. The van der Waals surface area contributed by atoms with Crippen molar-refractivity contribution in [1.29, 1.82) is 0 Å². The van der Waals surface area contributed by atoms with E-state index in [0.29, 0.717) is 34.4 Å². The van der Waals surface area contributed by atoms with Crippen molar-refractivity contribution in [2.24, 2.45) is 0 Å². The maximum atomic E-state index is 12.7. The Kier molecular flexibility index (Phi) is 7.46. The van der Waals surface area contributed by atoms with Gasteiger partial charge in [-0.25, -0.2) is 0 Å². The molecule has 2 aromatic carbocycles. The summed E-state index contributed by atoms with van der Waals surface area (Å²) in [4.78, 5) is 24.9. The van der Waals surface area contributed by atoms with Crippen molar-refractivity contribution >= 4 is 57.3 Å². The van der Waals surface area contributed by atoms with Crippen molar-refractivity contribution in [3.05, 3.63) is 57.7 Å². The van der Waals surface area contributed by atoms with E-state index in [-0.39, 0.29) is 11.8 Å². The number of carbonyl (C=O) groups excluding carboxylic acids is 2. The van der Waals surface area contributed by atoms with Gasteiger partial charge >= 0.3 is 0 Å². The number of hydrogen-bond donors (Lipinski definition) is 3. The highest BCUT2D eigenvalue weighted by Crippen LogP contribution is 2.31. The number of nitrogens with one attached hydrogen (secondary N) is 2. The van der Waals surface area contributed by atoms with Gasteiger partial charge in [-0.2, -0.15) is 0 Å². The summed E-state index contributed by atoms with van der Waals surface area (Å²) >= 11 is 11.9. The number of aromatic nitrogens is 1. The van der Waals surface area contributed by atoms with Crippen LogP contribution in [0, 0.1) is 0 Å². The van der Waals surface area contributed by atoms with Crippen LogP contribution in [-0.4, -0.2) is 22.9 Å². The quantitative estimate of drug-likeness (QED) is 0.263. The summed E-state index contributed by atoms with van der Waals surface area (Å²) in [6.45, 7) is 1.59. The first-order valence-corrected chi connectivity index (χ1v) is 12.1. The van der Waals surface area contributed by atoms with Gasteiger partial charge in [-0.3, -0.25) is 9.59 Å². The van der Waals surface area contributed by atoms with Gasteiger partial charge in [-0.1, -0.05) is 54.2 Å². The Labute approximate surface area is 203 Å². The summed E-state index contributed by atoms with van der Waals surface area (Å²) < 4.78 is 2.21. The molecule has 4 N–H and O–H groups in total. The van der Waals surface area contributed by atoms with Crippen molar-refractivity contribution in [2.75, 3.05) is 17.6 Å². The van der Waals surface area contributed by atoms with Crippen molar-refractivity contribution in [2.45, 2.75) is 51.5 Å². The average molecular weight is 487 g/mol. The van der Waals surface area contributed by atoms with Gasteiger partial charge in [0.1, 0.15) is 0 Å². The summed E-state index contributed by atoms with van der Waals surface area (Å²) in [5.41, 5.74) is 10.0. The van der Waals surface area contributed by atoms with E-state index in [1.54, 1.807) is 6.07 Å². The normalized spacial score (nSPS) is 12.7. The molecule has 3 aromatic rings. The van der Waals surface area contributed by atoms with Crippen molar-refractivity contribution < 1.29 is 9.59 Å². The van der Waals surface area contributed by atoms with Crippen molar-refractivity contribution in [3.63, 3.8) is 0 Å². The van der Waals surface area contributed by atoms with E-state index in [9.17, 15) is 9.59 Å². The highest BCUT2D eigenvalue weighted by molar-refractivity contribution is 6.42. The van der Waals surface area contributed by atoms with Crippen LogP contribution in [0.15, 0.2) is 36.5 Å². The summed E-state index contributed by atoms with van der Waals surface area (Å²) in [6.07, 6.45) is 8.04.